The number of likely N-dealkylation sites (tertiary alicyclic amines) is 1. The number of hydrogen-bond acceptors (Lipinski definition) is 6. The molecule has 0 radical (unpaired) electrons. The lowest BCUT2D eigenvalue weighted by Gasteiger charge is -2.22. The number of aliphatic carboxylic acids is 1. The summed E-state index contributed by atoms with van der Waals surface area (Å²) in [6, 6.07) is 7.65. The van der Waals surface area contributed by atoms with E-state index in [4.69, 9.17) is 0 Å². The molecule has 0 saturated carbocycles. The number of rotatable bonds is 5. The van der Waals surface area contributed by atoms with Gasteiger partial charge in [0.15, 0.2) is 0 Å². The van der Waals surface area contributed by atoms with E-state index in [9.17, 15) is 9.90 Å². The molecule has 0 spiro atoms. The Hall–Kier alpha value is -2.32. The predicted molar refractivity (Wildman–Crippen MR) is 83.5 cm³/mol. The third-order valence-corrected chi connectivity index (χ3v) is 4.34. The normalized spacial score (nSPS) is 21.9. The Kier molecular flexibility index (Phi) is 4.35. The molecule has 2 atom stereocenters. The molecular formula is C15H20N6O2. The number of carbonyl (C=O) groups is 1. The highest BCUT2D eigenvalue weighted by Gasteiger charge is 2.37. The van der Waals surface area contributed by atoms with Gasteiger partial charge in [0, 0.05) is 24.7 Å². The zero-order chi connectivity index (χ0) is 16.4. The van der Waals surface area contributed by atoms with Gasteiger partial charge in [0.1, 0.15) is 6.04 Å². The summed E-state index contributed by atoms with van der Waals surface area (Å²) in [5.74, 6) is -0.202. The number of aromatic nitrogens is 4. The van der Waals surface area contributed by atoms with Crippen molar-refractivity contribution in [3.05, 3.63) is 29.8 Å². The number of benzene rings is 1. The minimum Gasteiger partial charge on any atom is -0.480 e. The molecule has 0 amide bonds. The summed E-state index contributed by atoms with van der Waals surface area (Å²) in [5, 5.41) is 23.3. The fourth-order valence-electron chi connectivity index (χ4n) is 2.96. The Labute approximate surface area is 134 Å². The molecule has 3 rings (SSSR count). The van der Waals surface area contributed by atoms with Crippen molar-refractivity contribution in [2.45, 2.75) is 25.0 Å². The lowest BCUT2D eigenvalue weighted by atomic mass is 10.1. The molecule has 1 aliphatic rings. The molecule has 8 heteroatoms. The maximum atomic E-state index is 11.5. The standard InChI is InChI=1S/C15H20N6O2/c1-20(2)12-7-13(15(22)23)21(9-12)8-10-3-5-11(6-4-10)14-16-18-19-17-14/h3-6,12-13H,7-9H2,1-2H3,(H,22,23)(H,16,17,18,19)/t12-,13+/m1/s1. The molecule has 2 aromatic rings. The van der Waals surface area contributed by atoms with Crippen molar-refractivity contribution in [2.75, 3.05) is 20.6 Å². The first-order valence-electron chi connectivity index (χ1n) is 7.50. The van der Waals surface area contributed by atoms with Gasteiger partial charge in [-0.2, -0.15) is 5.21 Å². The number of hydrogen-bond donors (Lipinski definition) is 2. The van der Waals surface area contributed by atoms with Gasteiger partial charge < -0.3 is 10.0 Å². The van der Waals surface area contributed by atoms with Crippen molar-refractivity contribution in [1.29, 1.82) is 0 Å². The van der Waals surface area contributed by atoms with Crippen molar-refractivity contribution >= 4 is 5.97 Å². The molecule has 2 N–H and O–H groups in total. The Bertz CT molecular complexity index is 655. The topological polar surface area (TPSA) is 98.2 Å². The summed E-state index contributed by atoms with van der Waals surface area (Å²) in [6.07, 6.45) is 0.656. The zero-order valence-electron chi connectivity index (χ0n) is 13.2. The fraction of sp³-hybridized carbons (Fsp3) is 0.467. The van der Waals surface area contributed by atoms with E-state index in [1.54, 1.807) is 0 Å². The van der Waals surface area contributed by atoms with Gasteiger partial charge in [0.05, 0.1) is 0 Å². The molecule has 1 saturated heterocycles. The monoisotopic (exact) mass is 316 g/mol. The van der Waals surface area contributed by atoms with Crippen LogP contribution in [0.3, 0.4) is 0 Å². The summed E-state index contributed by atoms with van der Waals surface area (Å²) in [7, 11) is 3.99. The molecule has 0 aliphatic carbocycles. The quantitative estimate of drug-likeness (QED) is 0.826. The lowest BCUT2D eigenvalue weighted by molar-refractivity contribution is -0.142. The zero-order valence-corrected chi connectivity index (χ0v) is 13.2. The molecule has 8 nitrogen and oxygen atoms in total. The summed E-state index contributed by atoms with van der Waals surface area (Å²) < 4.78 is 0. The fourth-order valence-corrected chi connectivity index (χ4v) is 2.96. The van der Waals surface area contributed by atoms with Crippen LogP contribution >= 0.6 is 0 Å². The first-order valence-corrected chi connectivity index (χ1v) is 7.50. The van der Waals surface area contributed by atoms with Crippen molar-refractivity contribution in [3.8, 4) is 11.4 Å². The van der Waals surface area contributed by atoms with Crippen LogP contribution < -0.4 is 0 Å². The number of H-pyrrole nitrogens is 1. The number of nitrogens with zero attached hydrogens (tertiary/aromatic N) is 5. The van der Waals surface area contributed by atoms with E-state index >= 15 is 0 Å². The maximum absolute atomic E-state index is 11.5. The van der Waals surface area contributed by atoms with E-state index < -0.39 is 12.0 Å². The Morgan fingerprint density at radius 2 is 2.13 bits per heavy atom. The second-order valence-electron chi connectivity index (χ2n) is 6.07. The summed E-state index contributed by atoms with van der Waals surface area (Å²) >= 11 is 0. The van der Waals surface area contributed by atoms with Gasteiger partial charge in [-0.1, -0.05) is 24.3 Å². The van der Waals surface area contributed by atoms with Gasteiger partial charge in [-0.05, 0) is 31.3 Å². The Morgan fingerprint density at radius 3 is 2.70 bits per heavy atom. The molecule has 0 unspecified atom stereocenters. The van der Waals surface area contributed by atoms with Crippen LogP contribution in [0, 0.1) is 0 Å². The Balaban J connectivity index is 1.71. The van der Waals surface area contributed by atoms with Crippen LogP contribution in [0.1, 0.15) is 12.0 Å². The van der Waals surface area contributed by atoms with Gasteiger partial charge in [0.25, 0.3) is 0 Å². The predicted octanol–water partition coefficient (Wildman–Crippen LogP) is 0.456. The number of aromatic amines is 1. The third kappa shape index (κ3) is 3.38. The average molecular weight is 316 g/mol. The van der Waals surface area contributed by atoms with E-state index in [1.807, 2.05) is 43.3 Å². The highest BCUT2D eigenvalue weighted by atomic mass is 16.4. The number of carboxylic acid groups (broad SMARTS) is 1. The van der Waals surface area contributed by atoms with E-state index in [-0.39, 0.29) is 6.04 Å². The number of likely N-dealkylation sites (N-methyl/N-ethyl adjacent to an activating group) is 1. The van der Waals surface area contributed by atoms with Crippen LogP contribution in [0.2, 0.25) is 0 Å². The smallest absolute Gasteiger partial charge is 0.320 e. The van der Waals surface area contributed by atoms with Gasteiger partial charge in [-0.25, -0.2) is 0 Å². The molecular weight excluding hydrogens is 296 g/mol. The summed E-state index contributed by atoms with van der Waals surface area (Å²) in [4.78, 5) is 15.6. The van der Waals surface area contributed by atoms with Gasteiger partial charge in [0.2, 0.25) is 5.82 Å². The second kappa shape index (κ2) is 6.43. The summed E-state index contributed by atoms with van der Waals surface area (Å²) in [6.45, 7) is 1.38. The SMILES string of the molecule is CN(C)[C@@H]1C[C@@H](C(=O)O)N(Cc2ccc(-c3nn[nH]n3)cc2)C1. The largest absolute Gasteiger partial charge is 0.480 e. The maximum Gasteiger partial charge on any atom is 0.320 e. The molecule has 23 heavy (non-hydrogen) atoms. The van der Waals surface area contributed by atoms with Crippen molar-refractivity contribution in [2.24, 2.45) is 0 Å². The van der Waals surface area contributed by atoms with Gasteiger partial charge >= 0.3 is 5.97 Å². The van der Waals surface area contributed by atoms with Gasteiger partial charge in [-0.15, -0.1) is 10.2 Å². The average Bonchev–Trinajstić information content (AvgIpc) is 3.17. The molecule has 0 bridgehead atoms. The molecule has 1 aliphatic heterocycles. The Morgan fingerprint density at radius 1 is 1.39 bits per heavy atom. The minimum absolute atomic E-state index is 0.273. The highest BCUT2D eigenvalue weighted by molar-refractivity contribution is 5.74. The van der Waals surface area contributed by atoms with Gasteiger partial charge in [-0.3, -0.25) is 9.69 Å². The lowest BCUT2D eigenvalue weighted by Crippen LogP contribution is -2.35. The molecule has 1 aromatic carbocycles. The van der Waals surface area contributed by atoms with Crippen LogP contribution in [-0.4, -0.2) is 74.2 Å². The van der Waals surface area contributed by atoms with E-state index in [1.165, 1.54) is 0 Å². The number of nitrogens with one attached hydrogen (secondary N) is 1. The van der Waals surface area contributed by atoms with Crippen molar-refractivity contribution in [1.82, 2.24) is 30.4 Å². The summed E-state index contributed by atoms with van der Waals surface area (Å²) in [5.41, 5.74) is 1.95. The minimum atomic E-state index is -0.752. The molecule has 2 heterocycles. The molecule has 1 fully saturated rings. The van der Waals surface area contributed by atoms with Crippen LogP contribution in [0.15, 0.2) is 24.3 Å². The van der Waals surface area contributed by atoms with E-state index in [2.05, 4.69) is 25.5 Å². The van der Waals surface area contributed by atoms with Crippen LogP contribution in [-0.2, 0) is 11.3 Å². The number of tetrazole rings is 1. The first-order chi connectivity index (χ1) is 11.0. The first kappa shape index (κ1) is 15.6. The molecule has 1 aromatic heterocycles. The third-order valence-electron chi connectivity index (χ3n) is 4.34. The number of carboxylic acids is 1. The van der Waals surface area contributed by atoms with Crippen LogP contribution in [0.5, 0.6) is 0 Å². The van der Waals surface area contributed by atoms with E-state index in [0.29, 0.717) is 18.8 Å². The second-order valence-corrected chi connectivity index (χ2v) is 6.07. The van der Waals surface area contributed by atoms with Crippen LogP contribution in [0.4, 0.5) is 0 Å². The molecule has 122 valence electrons. The van der Waals surface area contributed by atoms with Crippen LogP contribution in [0.25, 0.3) is 11.4 Å². The van der Waals surface area contributed by atoms with E-state index in [0.717, 1.165) is 17.7 Å². The highest BCUT2D eigenvalue weighted by Crippen LogP contribution is 2.24. The van der Waals surface area contributed by atoms with Crippen molar-refractivity contribution < 1.29 is 9.90 Å². The van der Waals surface area contributed by atoms with Crippen molar-refractivity contribution in [3.63, 3.8) is 0 Å².